The topological polar surface area (TPSA) is 38.3 Å². The Labute approximate surface area is 127 Å². The van der Waals surface area contributed by atoms with Gasteiger partial charge < -0.3 is 10.1 Å². The Kier molecular flexibility index (Phi) is 5.09. The lowest BCUT2D eigenvalue weighted by Gasteiger charge is -2.16. The van der Waals surface area contributed by atoms with Gasteiger partial charge in [-0.1, -0.05) is 24.3 Å². The predicted molar refractivity (Wildman–Crippen MR) is 79.6 cm³/mol. The molecule has 0 saturated carbocycles. The van der Waals surface area contributed by atoms with Crippen LogP contribution in [-0.4, -0.2) is 13.0 Å². The zero-order valence-electron chi connectivity index (χ0n) is 12.4. The molecule has 3 nitrogen and oxygen atoms in total. The lowest BCUT2D eigenvalue weighted by Crippen LogP contribution is -2.28. The van der Waals surface area contributed by atoms with Crippen LogP contribution in [0.3, 0.4) is 0 Å². The molecule has 0 spiro atoms. The molecule has 0 aliphatic carbocycles. The first-order valence-electron chi connectivity index (χ1n) is 6.87. The number of halogens is 2. The van der Waals surface area contributed by atoms with E-state index in [1.807, 2.05) is 12.1 Å². The average molecular weight is 305 g/mol. The Morgan fingerprint density at radius 2 is 1.95 bits per heavy atom. The third kappa shape index (κ3) is 3.81. The zero-order valence-corrected chi connectivity index (χ0v) is 12.4. The fourth-order valence-corrected chi connectivity index (χ4v) is 2.24. The molecule has 5 heteroatoms. The van der Waals surface area contributed by atoms with Gasteiger partial charge in [0.05, 0.1) is 19.6 Å². The minimum atomic E-state index is -0.676. The van der Waals surface area contributed by atoms with Crippen molar-refractivity contribution in [2.24, 2.45) is 0 Å². The van der Waals surface area contributed by atoms with Crippen LogP contribution in [0, 0.1) is 11.6 Å². The van der Waals surface area contributed by atoms with Crippen LogP contribution in [0.25, 0.3) is 0 Å². The van der Waals surface area contributed by atoms with Crippen LogP contribution in [0.15, 0.2) is 42.5 Å². The Hall–Kier alpha value is -2.43. The Balaban J connectivity index is 2.05. The summed E-state index contributed by atoms with van der Waals surface area (Å²) in [4.78, 5) is 12.1. The first-order valence-corrected chi connectivity index (χ1v) is 6.87. The third-order valence-electron chi connectivity index (χ3n) is 3.35. The normalized spacial score (nSPS) is 11.8. The van der Waals surface area contributed by atoms with E-state index in [4.69, 9.17) is 4.74 Å². The molecule has 0 radical (unpaired) electrons. The molecular weight excluding hydrogens is 288 g/mol. The van der Waals surface area contributed by atoms with E-state index in [1.54, 1.807) is 19.1 Å². The van der Waals surface area contributed by atoms with Crippen molar-refractivity contribution in [3.8, 4) is 5.75 Å². The minimum absolute atomic E-state index is 0.122. The van der Waals surface area contributed by atoms with Crippen LogP contribution in [0.1, 0.15) is 24.1 Å². The highest BCUT2D eigenvalue weighted by atomic mass is 19.1. The summed E-state index contributed by atoms with van der Waals surface area (Å²) in [5, 5.41) is 2.70. The number of carbonyl (C=O) groups is 1. The molecule has 2 aromatic carbocycles. The second-order valence-electron chi connectivity index (χ2n) is 4.94. The Morgan fingerprint density at radius 3 is 2.64 bits per heavy atom. The van der Waals surface area contributed by atoms with E-state index in [2.05, 4.69) is 5.32 Å². The summed E-state index contributed by atoms with van der Waals surface area (Å²) in [6, 6.07) is 9.94. The highest BCUT2D eigenvalue weighted by molar-refractivity contribution is 5.79. The fourth-order valence-electron chi connectivity index (χ4n) is 2.24. The summed E-state index contributed by atoms with van der Waals surface area (Å²) in [6.07, 6.45) is 0.122. The molecule has 22 heavy (non-hydrogen) atoms. The van der Waals surface area contributed by atoms with Crippen molar-refractivity contribution in [2.75, 3.05) is 7.11 Å². The maximum Gasteiger partial charge on any atom is 0.225 e. The van der Waals surface area contributed by atoms with Gasteiger partial charge in [0.1, 0.15) is 17.4 Å². The number of hydrogen-bond donors (Lipinski definition) is 1. The SMILES string of the molecule is COc1ccccc1CC(=O)NC(C)c1ccc(F)cc1F. The lowest BCUT2D eigenvalue weighted by atomic mass is 10.1. The van der Waals surface area contributed by atoms with Crippen LogP contribution >= 0.6 is 0 Å². The van der Waals surface area contributed by atoms with Crippen LogP contribution in [0.5, 0.6) is 5.75 Å². The molecular formula is C17H17F2NO2. The van der Waals surface area contributed by atoms with Gasteiger partial charge >= 0.3 is 0 Å². The number of amides is 1. The summed E-state index contributed by atoms with van der Waals surface area (Å²) in [7, 11) is 1.53. The van der Waals surface area contributed by atoms with Crippen LogP contribution in [0.4, 0.5) is 8.78 Å². The molecule has 116 valence electrons. The Morgan fingerprint density at radius 1 is 1.23 bits per heavy atom. The maximum atomic E-state index is 13.7. The molecule has 2 rings (SSSR count). The van der Waals surface area contributed by atoms with Gasteiger partial charge in [-0.2, -0.15) is 0 Å². The molecule has 0 saturated heterocycles. The van der Waals surface area contributed by atoms with Crippen molar-refractivity contribution in [3.63, 3.8) is 0 Å². The van der Waals surface area contributed by atoms with Gasteiger partial charge in [0.15, 0.2) is 0 Å². The van der Waals surface area contributed by atoms with E-state index in [1.165, 1.54) is 19.2 Å². The van der Waals surface area contributed by atoms with Gasteiger partial charge in [-0.15, -0.1) is 0 Å². The Bertz CT molecular complexity index is 673. The fraction of sp³-hybridized carbons (Fsp3) is 0.235. The first-order chi connectivity index (χ1) is 10.5. The second kappa shape index (κ2) is 7.02. The highest BCUT2D eigenvalue weighted by Gasteiger charge is 2.15. The summed E-state index contributed by atoms with van der Waals surface area (Å²) >= 11 is 0. The van der Waals surface area contributed by atoms with Crippen molar-refractivity contribution in [3.05, 3.63) is 65.2 Å². The summed E-state index contributed by atoms with van der Waals surface area (Å²) in [5.74, 6) is -0.960. The van der Waals surface area contributed by atoms with Crippen molar-refractivity contribution in [2.45, 2.75) is 19.4 Å². The molecule has 2 aromatic rings. The van der Waals surface area contributed by atoms with Gasteiger partial charge in [-0.3, -0.25) is 4.79 Å². The van der Waals surface area contributed by atoms with E-state index in [-0.39, 0.29) is 17.9 Å². The first kappa shape index (κ1) is 15.9. The monoisotopic (exact) mass is 305 g/mol. The van der Waals surface area contributed by atoms with Crippen molar-refractivity contribution < 1.29 is 18.3 Å². The number of hydrogen-bond acceptors (Lipinski definition) is 2. The molecule has 1 amide bonds. The molecule has 1 unspecified atom stereocenters. The number of methoxy groups -OCH3 is 1. The molecule has 0 aromatic heterocycles. The summed E-state index contributed by atoms with van der Waals surface area (Å²) in [6.45, 7) is 1.65. The molecule has 0 aliphatic heterocycles. The van der Waals surface area contributed by atoms with E-state index in [0.717, 1.165) is 11.6 Å². The molecule has 0 bridgehead atoms. The predicted octanol–water partition coefficient (Wildman–Crippen LogP) is 3.39. The number of benzene rings is 2. The minimum Gasteiger partial charge on any atom is -0.496 e. The van der Waals surface area contributed by atoms with E-state index < -0.39 is 17.7 Å². The molecule has 0 heterocycles. The van der Waals surface area contributed by atoms with Crippen molar-refractivity contribution in [1.29, 1.82) is 0 Å². The number of rotatable bonds is 5. The quantitative estimate of drug-likeness (QED) is 0.919. The molecule has 1 atom stereocenters. The standard InChI is InChI=1S/C17H17F2NO2/c1-11(14-8-7-13(18)10-15(14)19)20-17(21)9-12-5-3-4-6-16(12)22-2/h3-8,10-11H,9H2,1-2H3,(H,20,21). The van der Waals surface area contributed by atoms with Crippen LogP contribution in [0.2, 0.25) is 0 Å². The summed E-state index contributed by atoms with van der Waals surface area (Å²) in [5.41, 5.74) is 0.990. The smallest absolute Gasteiger partial charge is 0.225 e. The van der Waals surface area contributed by atoms with E-state index in [0.29, 0.717) is 5.75 Å². The average Bonchev–Trinajstić information content (AvgIpc) is 2.47. The van der Waals surface area contributed by atoms with Gasteiger partial charge in [0, 0.05) is 17.2 Å². The molecule has 0 aliphatic rings. The van der Waals surface area contributed by atoms with E-state index in [9.17, 15) is 13.6 Å². The van der Waals surface area contributed by atoms with E-state index >= 15 is 0 Å². The van der Waals surface area contributed by atoms with Gasteiger partial charge in [0.25, 0.3) is 0 Å². The van der Waals surface area contributed by atoms with Gasteiger partial charge in [0.2, 0.25) is 5.91 Å². The van der Waals surface area contributed by atoms with Crippen molar-refractivity contribution in [1.82, 2.24) is 5.32 Å². The van der Waals surface area contributed by atoms with Crippen LogP contribution < -0.4 is 10.1 Å². The largest absolute Gasteiger partial charge is 0.496 e. The molecule has 1 N–H and O–H groups in total. The maximum absolute atomic E-state index is 13.7. The lowest BCUT2D eigenvalue weighted by molar-refractivity contribution is -0.121. The molecule has 0 fully saturated rings. The third-order valence-corrected chi connectivity index (χ3v) is 3.35. The van der Waals surface area contributed by atoms with Gasteiger partial charge in [-0.05, 0) is 19.1 Å². The van der Waals surface area contributed by atoms with Crippen LogP contribution in [-0.2, 0) is 11.2 Å². The zero-order chi connectivity index (χ0) is 16.1. The number of para-hydroxylation sites is 1. The number of carbonyl (C=O) groups excluding carboxylic acids is 1. The number of ether oxygens (including phenoxy) is 1. The highest BCUT2D eigenvalue weighted by Crippen LogP contribution is 2.20. The van der Waals surface area contributed by atoms with Gasteiger partial charge in [-0.25, -0.2) is 8.78 Å². The number of nitrogens with one attached hydrogen (secondary N) is 1. The van der Waals surface area contributed by atoms with Crippen molar-refractivity contribution >= 4 is 5.91 Å². The summed E-state index contributed by atoms with van der Waals surface area (Å²) < 4.78 is 31.8. The second-order valence-corrected chi connectivity index (χ2v) is 4.94.